The Hall–Kier alpha value is -3.04. The van der Waals surface area contributed by atoms with Crippen LogP contribution in [0.5, 0.6) is 5.75 Å². The Morgan fingerprint density at radius 3 is 2.70 bits per heavy atom. The van der Waals surface area contributed by atoms with E-state index in [-0.39, 0.29) is 5.57 Å². The van der Waals surface area contributed by atoms with E-state index in [0.717, 1.165) is 27.7 Å². The molecule has 3 heteroatoms. The normalized spacial score (nSPS) is 12.4. The van der Waals surface area contributed by atoms with Crippen molar-refractivity contribution >= 4 is 16.8 Å². The number of ether oxygens (including phenoxy) is 1. The van der Waals surface area contributed by atoms with E-state index in [1.54, 1.807) is 6.08 Å². The van der Waals surface area contributed by atoms with E-state index in [0.29, 0.717) is 6.61 Å². The smallest absolute Gasteiger partial charge is 0.130 e. The zero-order valence-corrected chi connectivity index (χ0v) is 10.6. The predicted molar refractivity (Wildman–Crippen MR) is 76.7 cm³/mol. The summed E-state index contributed by atoms with van der Waals surface area (Å²) in [5.41, 5.74) is 1.91. The van der Waals surface area contributed by atoms with E-state index in [4.69, 9.17) is 15.3 Å². The molecule has 0 N–H and O–H groups in total. The molecule has 0 saturated heterocycles. The molecule has 2 aromatic carbocycles. The van der Waals surface area contributed by atoms with Gasteiger partial charge < -0.3 is 4.74 Å². The molecule has 3 rings (SSSR count). The van der Waals surface area contributed by atoms with Crippen molar-refractivity contribution < 1.29 is 4.74 Å². The van der Waals surface area contributed by atoms with Gasteiger partial charge in [0, 0.05) is 5.56 Å². The molecular formula is C17H10N2O. The second-order valence-electron chi connectivity index (χ2n) is 4.49. The van der Waals surface area contributed by atoms with E-state index in [1.165, 1.54) is 0 Å². The van der Waals surface area contributed by atoms with E-state index in [1.807, 2.05) is 54.6 Å². The van der Waals surface area contributed by atoms with Gasteiger partial charge in [-0.2, -0.15) is 10.5 Å². The lowest BCUT2D eigenvalue weighted by Crippen LogP contribution is -2.06. The van der Waals surface area contributed by atoms with Gasteiger partial charge in [-0.3, -0.25) is 0 Å². The Morgan fingerprint density at radius 2 is 1.90 bits per heavy atom. The Kier molecular flexibility index (Phi) is 2.95. The van der Waals surface area contributed by atoms with Crippen molar-refractivity contribution in [3.05, 3.63) is 59.2 Å². The molecule has 0 unspecified atom stereocenters. The number of benzene rings is 2. The minimum absolute atomic E-state index is 0.0866. The third-order valence-electron chi connectivity index (χ3n) is 3.23. The zero-order valence-electron chi connectivity index (χ0n) is 10.6. The van der Waals surface area contributed by atoms with Crippen LogP contribution < -0.4 is 4.74 Å². The van der Waals surface area contributed by atoms with Crippen LogP contribution in [0.15, 0.2) is 53.6 Å². The number of rotatable bonds is 1. The van der Waals surface area contributed by atoms with E-state index in [9.17, 15) is 0 Å². The third-order valence-corrected chi connectivity index (χ3v) is 3.23. The fourth-order valence-corrected chi connectivity index (χ4v) is 2.30. The standard InChI is InChI=1S/C17H10N2O/c18-9-13(10-19)7-12-8-16-15-4-2-1-3-14(15)5-6-17(16)20-11-12/h1-8H,11H2. The van der Waals surface area contributed by atoms with Crippen molar-refractivity contribution in [2.75, 3.05) is 6.61 Å². The summed E-state index contributed by atoms with van der Waals surface area (Å²) in [5.74, 6) is 0.830. The van der Waals surface area contributed by atoms with Crippen LogP contribution in [0.4, 0.5) is 0 Å². The number of nitriles is 2. The molecule has 1 aliphatic rings. The first-order valence-corrected chi connectivity index (χ1v) is 6.19. The minimum Gasteiger partial charge on any atom is -0.488 e. The highest BCUT2D eigenvalue weighted by molar-refractivity contribution is 5.94. The Labute approximate surface area is 116 Å². The van der Waals surface area contributed by atoms with Crippen molar-refractivity contribution in [2.24, 2.45) is 0 Å². The van der Waals surface area contributed by atoms with Crippen LogP contribution >= 0.6 is 0 Å². The van der Waals surface area contributed by atoms with E-state index < -0.39 is 0 Å². The molecule has 1 heterocycles. The Bertz CT molecular complexity index is 816. The molecule has 3 nitrogen and oxygen atoms in total. The van der Waals surface area contributed by atoms with Gasteiger partial charge in [-0.15, -0.1) is 0 Å². The predicted octanol–water partition coefficient (Wildman–Crippen LogP) is 3.59. The topological polar surface area (TPSA) is 56.8 Å². The van der Waals surface area contributed by atoms with Crippen LogP contribution in [0, 0.1) is 22.7 Å². The Morgan fingerprint density at radius 1 is 1.10 bits per heavy atom. The highest BCUT2D eigenvalue weighted by Gasteiger charge is 2.13. The molecule has 0 amide bonds. The van der Waals surface area contributed by atoms with Gasteiger partial charge in [0.2, 0.25) is 0 Å². The molecule has 2 aromatic rings. The third kappa shape index (κ3) is 2.02. The van der Waals surface area contributed by atoms with Crippen LogP contribution in [0.3, 0.4) is 0 Å². The van der Waals surface area contributed by atoms with Crippen molar-refractivity contribution in [1.82, 2.24) is 0 Å². The molecule has 0 aliphatic carbocycles. The Balaban J connectivity index is 2.17. The van der Waals surface area contributed by atoms with Gasteiger partial charge in [0.05, 0.1) is 0 Å². The molecule has 0 aromatic heterocycles. The summed E-state index contributed by atoms with van der Waals surface area (Å²) in [7, 11) is 0. The van der Waals surface area contributed by atoms with Gasteiger partial charge in [-0.1, -0.05) is 30.3 Å². The second-order valence-corrected chi connectivity index (χ2v) is 4.49. The summed E-state index contributed by atoms with van der Waals surface area (Å²) in [6.07, 6.45) is 3.56. The van der Waals surface area contributed by atoms with Gasteiger partial charge in [-0.25, -0.2) is 0 Å². The number of hydrogen-bond donors (Lipinski definition) is 0. The maximum absolute atomic E-state index is 8.81. The quantitative estimate of drug-likeness (QED) is 0.734. The maximum Gasteiger partial charge on any atom is 0.130 e. The molecule has 0 spiro atoms. The molecular weight excluding hydrogens is 248 g/mol. The lowest BCUT2D eigenvalue weighted by atomic mass is 9.99. The fourth-order valence-electron chi connectivity index (χ4n) is 2.30. The van der Waals surface area contributed by atoms with Gasteiger partial charge in [0.1, 0.15) is 30.1 Å². The first kappa shape index (κ1) is 12.0. The van der Waals surface area contributed by atoms with Crippen LogP contribution in [-0.4, -0.2) is 6.61 Å². The van der Waals surface area contributed by atoms with E-state index in [2.05, 4.69) is 0 Å². The van der Waals surface area contributed by atoms with E-state index >= 15 is 0 Å². The average molecular weight is 258 g/mol. The summed E-state index contributed by atoms with van der Waals surface area (Å²) < 4.78 is 5.70. The number of allylic oxidation sites excluding steroid dienone is 1. The second kappa shape index (κ2) is 4.91. The largest absolute Gasteiger partial charge is 0.488 e. The molecule has 94 valence electrons. The summed E-state index contributed by atoms with van der Waals surface area (Å²) in [4.78, 5) is 0. The van der Waals surface area contributed by atoms with Crippen molar-refractivity contribution in [1.29, 1.82) is 10.5 Å². The molecule has 0 saturated carbocycles. The molecule has 0 fully saturated rings. The van der Waals surface area contributed by atoms with Gasteiger partial charge in [0.15, 0.2) is 0 Å². The number of hydrogen-bond acceptors (Lipinski definition) is 3. The van der Waals surface area contributed by atoms with Crippen LogP contribution in [0.2, 0.25) is 0 Å². The summed E-state index contributed by atoms with van der Waals surface area (Å²) in [6, 6.07) is 15.8. The molecule has 1 aliphatic heterocycles. The first-order chi connectivity index (χ1) is 9.81. The number of fused-ring (bicyclic) bond motifs is 3. The SMILES string of the molecule is N#CC(C#N)=CC1=Cc2c(ccc3ccccc23)OC1. The highest BCUT2D eigenvalue weighted by Crippen LogP contribution is 2.33. The van der Waals surface area contributed by atoms with Gasteiger partial charge in [0.25, 0.3) is 0 Å². The van der Waals surface area contributed by atoms with Gasteiger partial charge >= 0.3 is 0 Å². The lowest BCUT2D eigenvalue weighted by molar-refractivity contribution is 0.351. The molecule has 0 bridgehead atoms. The fraction of sp³-hybridized carbons (Fsp3) is 0.0588. The number of nitrogens with zero attached hydrogens (tertiary/aromatic N) is 2. The van der Waals surface area contributed by atoms with Gasteiger partial charge in [-0.05, 0) is 34.6 Å². The van der Waals surface area contributed by atoms with Crippen LogP contribution in [0.1, 0.15) is 5.56 Å². The average Bonchev–Trinajstić information content (AvgIpc) is 2.52. The minimum atomic E-state index is 0.0866. The molecule has 0 radical (unpaired) electrons. The highest BCUT2D eigenvalue weighted by atomic mass is 16.5. The molecule has 20 heavy (non-hydrogen) atoms. The van der Waals surface area contributed by atoms with Crippen molar-refractivity contribution in [3.8, 4) is 17.9 Å². The monoisotopic (exact) mass is 258 g/mol. The van der Waals surface area contributed by atoms with Crippen LogP contribution in [0.25, 0.3) is 16.8 Å². The summed E-state index contributed by atoms with van der Waals surface area (Å²) in [6.45, 7) is 0.373. The lowest BCUT2D eigenvalue weighted by Gasteiger charge is -2.18. The maximum atomic E-state index is 8.81. The van der Waals surface area contributed by atoms with Crippen molar-refractivity contribution in [3.63, 3.8) is 0 Å². The summed E-state index contributed by atoms with van der Waals surface area (Å²) >= 11 is 0. The van der Waals surface area contributed by atoms with Crippen molar-refractivity contribution in [2.45, 2.75) is 0 Å². The molecule has 0 atom stereocenters. The summed E-state index contributed by atoms with van der Waals surface area (Å²) in [5, 5.41) is 19.9. The first-order valence-electron chi connectivity index (χ1n) is 6.19. The zero-order chi connectivity index (χ0) is 13.9. The van der Waals surface area contributed by atoms with Crippen LogP contribution in [-0.2, 0) is 0 Å².